The molecule has 2 N–H and O–H groups in total. The summed E-state index contributed by atoms with van der Waals surface area (Å²) in [7, 11) is 0. The molecule has 2 unspecified atom stereocenters. The zero-order valence-electron chi connectivity index (χ0n) is 10.6. The molecule has 0 radical (unpaired) electrons. The minimum Gasteiger partial charge on any atom is -0.390 e. The highest BCUT2D eigenvalue weighted by atomic mass is 16.5. The Morgan fingerprint density at radius 2 is 2.31 bits per heavy atom. The fraction of sp³-hybridized carbons (Fsp3) is 1.00. The van der Waals surface area contributed by atoms with Gasteiger partial charge in [0.25, 0.3) is 0 Å². The molecule has 96 valence electrons. The lowest BCUT2D eigenvalue weighted by atomic mass is 10.1. The number of piperidine rings is 1. The van der Waals surface area contributed by atoms with Gasteiger partial charge in [0.2, 0.25) is 0 Å². The van der Waals surface area contributed by atoms with Crippen LogP contribution in [-0.4, -0.2) is 61.5 Å². The van der Waals surface area contributed by atoms with Gasteiger partial charge in [-0.05, 0) is 32.9 Å². The molecule has 0 aromatic rings. The van der Waals surface area contributed by atoms with Gasteiger partial charge in [-0.1, -0.05) is 6.92 Å². The van der Waals surface area contributed by atoms with Crippen LogP contribution in [0.5, 0.6) is 0 Å². The number of likely N-dealkylation sites (tertiary alicyclic amines) is 1. The molecule has 1 heterocycles. The van der Waals surface area contributed by atoms with Crippen molar-refractivity contribution in [3.05, 3.63) is 0 Å². The van der Waals surface area contributed by atoms with Crippen LogP contribution in [0.4, 0.5) is 0 Å². The molecule has 16 heavy (non-hydrogen) atoms. The van der Waals surface area contributed by atoms with Gasteiger partial charge >= 0.3 is 0 Å². The van der Waals surface area contributed by atoms with Gasteiger partial charge in [-0.25, -0.2) is 0 Å². The van der Waals surface area contributed by atoms with E-state index in [0.717, 1.165) is 39.2 Å². The second kappa shape index (κ2) is 8.01. The number of ether oxygens (including phenoxy) is 1. The lowest BCUT2D eigenvalue weighted by Gasteiger charge is -2.33. The van der Waals surface area contributed by atoms with Crippen molar-refractivity contribution in [1.82, 2.24) is 10.2 Å². The lowest BCUT2D eigenvalue weighted by molar-refractivity contribution is -0.00652. The maximum absolute atomic E-state index is 9.80. The Hall–Kier alpha value is -0.160. The summed E-state index contributed by atoms with van der Waals surface area (Å²) in [4.78, 5) is 2.31. The van der Waals surface area contributed by atoms with Gasteiger partial charge in [0.15, 0.2) is 0 Å². The van der Waals surface area contributed by atoms with E-state index in [1.165, 1.54) is 6.42 Å². The molecule has 4 heteroatoms. The molecule has 1 aliphatic rings. The number of likely N-dealkylation sites (N-methyl/N-ethyl adjacent to an activating group) is 1. The standard InChI is InChI=1S/C12H26N2O2/c1-3-13-8-11(15)9-14-7-5-6-12(10-14)16-4-2/h11-13,15H,3-10H2,1-2H3. The first-order chi connectivity index (χ1) is 7.76. The number of nitrogens with zero attached hydrogens (tertiary/aromatic N) is 1. The molecule has 0 spiro atoms. The van der Waals surface area contributed by atoms with E-state index in [4.69, 9.17) is 4.74 Å². The van der Waals surface area contributed by atoms with E-state index in [1.54, 1.807) is 0 Å². The summed E-state index contributed by atoms with van der Waals surface area (Å²) in [6.07, 6.45) is 2.44. The van der Waals surface area contributed by atoms with E-state index in [0.29, 0.717) is 12.6 Å². The Kier molecular flexibility index (Phi) is 6.96. The smallest absolute Gasteiger partial charge is 0.0791 e. The third kappa shape index (κ3) is 5.25. The van der Waals surface area contributed by atoms with Crippen molar-refractivity contribution >= 4 is 0 Å². The molecule has 0 aromatic heterocycles. The molecule has 0 aromatic carbocycles. The van der Waals surface area contributed by atoms with Crippen molar-refractivity contribution in [2.24, 2.45) is 0 Å². The van der Waals surface area contributed by atoms with Crippen LogP contribution >= 0.6 is 0 Å². The maximum Gasteiger partial charge on any atom is 0.0791 e. The van der Waals surface area contributed by atoms with Gasteiger partial charge in [0.05, 0.1) is 12.2 Å². The SMILES string of the molecule is CCNCC(O)CN1CCCC(OCC)C1. The highest BCUT2D eigenvalue weighted by molar-refractivity contribution is 4.76. The molecule has 0 bridgehead atoms. The fourth-order valence-electron chi connectivity index (χ4n) is 2.22. The first-order valence-electron chi connectivity index (χ1n) is 6.49. The molecule has 0 amide bonds. The Balaban J connectivity index is 2.20. The summed E-state index contributed by atoms with van der Waals surface area (Å²) in [5.74, 6) is 0. The Morgan fingerprint density at radius 1 is 1.50 bits per heavy atom. The van der Waals surface area contributed by atoms with Gasteiger partial charge in [-0.2, -0.15) is 0 Å². The number of aliphatic hydroxyl groups is 1. The van der Waals surface area contributed by atoms with Crippen molar-refractivity contribution in [2.75, 3.05) is 39.3 Å². The molecule has 1 saturated heterocycles. The molecular weight excluding hydrogens is 204 g/mol. The van der Waals surface area contributed by atoms with Crippen molar-refractivity contribution < 1.29 is 9.84 Å². The Labute approximate surface area is 99.0 Å². The minimum absolute atomic E-state index is 0.264. The molecule has 0 saturated carbocycles. The maximum atomic E-state index is 9.80. The van der Waals surface area contributed by atoms with Gasteiger partial charge < -0.3 is 15.2 Å². The summed E-state index contributed by atoms with van der Waals surface area (Å²) in [5.41, 5.74) is 0. The first kappa shape index (κ1) is 13.9. The van der Waals surface area contributed by atoms with Crippen molar-refractivity contribution in [3.8, 4) is 0 Å². The van der Waals surface area contributed by atoms with Crippen molar-refractivity contribution in [1.29, 1.82) is 0 Å². The zero-order chi connectivity index (χ0) is 11.8. The lowest BCUT2D eigenvalue weighted by Crippen LogP contribution is -2.45. The third-order valence-corrected chi connectivity index (χ3v) is 2.96. The van der Waals surface area contributed by atoms with Crippen molar-refractivity contribution in [2.45, 2.75) is 38.9 Å². The molecule has 0 aliphatic carbocycles. The third-order valence-electron chi connectivity index (χ3n) is 2.96. The van der Waals surface area contributed by atoms with E-state index in [9.17, 15) is 5.11 Å². The number of rotatable bonds is 7. The number of nitrogens with one attached hydrogen (secondary N) is 1. The first-order valence-corrected chi connectivity index (χ1v) is 6.49. The zero-order valence-corrected chi connectivity index (χ0v) is 10.6. The molecule has 1 aliphatic heterocycles. The van der Waals surface area contributed by atoms with Crippen LogP contribution < -0.4 is 5.32 Å². The average Bonchev–Trinajstić information content (AvgIpc) is 2.27. The van der Waals surface area contributed by atoms with Gasteiger partial charge in [-0.3, -0.25) is 4.90 Å². The van der Waals surface area contributed by atoms with Crippen LogP contribution in [0, 0.1) is 0 Å². The molecule has 1 rings (SSSR count). The van der Waals surface area contributed by atoms with E-state index in [-0.39, 0.29) is 6.10 Å². The van der Waals surface area contributed by atoms with Crippen molar-refractivity contribution in [3.63, 3.8) is 0 Å². The fourth-order valence-corrected chi connectivity index (χ4v) is 2.22. The molecular formula is C12H26N2O2. The quantitative estimate of drug-likeness (QED) is 0.667. The van der Waals surface area contributed by atoms with Crippen LogP contribution in [0.2, 0.25) is 0 Å². The molecule has 1 fully saturated rings. The summed E-state index contributed by atoms with van der Waals surface area (Å²) in [6.45, 7) is 9.31. The van der Waals surface area contributed by atoms with E-state index in [2.05, 4.69) is 17.1 Å². The van der Waals surface area contributed by atoms with Crippen LogP contribution in [0.3, 0.4) is 0 Å². The second-order valence-corrected chi connectivity index (χ2v) is 4.44. The van der Waals surface area contributed by atoms with E-state index >= 15 is 0 Å². The topological polar surface area (TPSA) is 44.7 Å². The minimum atomic E-state index is -0.264. The predicted octanol–water partition coefficient (Wildman–Crippen LogP) is 0.458. The summed E-state index contributed by atoms with van der Waals surface area (Å²) >= 11 is 0. The second-order valence-electron chi connectivity index (χ2n) is 4.44. The van der Waals surface area contributed by atoms with Crippen LogP contribution in [0.25, 0.3) is 0 Å². The Bertz CT molecular complexity index is 176. The summed E-state index contributed by atoms with van der Waals surface area (Å²) < 4.78 is 5.64. The van der Waals surface area contributed by atoms with Gasteiger partial charge in [0.1, 0.15) is 0 Å². The van der Waals surface area contributed by atoms with E-state index in [1.807, 2.05) is 6.92 Å². The predicted molar refractivity (Wildman–Crippen MR) is 65.6 cm³/mol. The normalized spacial score (nSPS) is 24.6. The van der Waals surface area contributed by atoms with Gasteiger partial charge in [-0.15, -0.1) is 0 Å². The monoisotopic (exact) mass is 230 g/mol. The average molecular weight is 230 g/mol. The number of hydrogen-bond acceptors (Lipinski definition) is 4. The largest absolute Gasteiger partial charge is 0.390 e. The highest BCUT2D eigenvalue weighted by Gasteiger charge is 2.21. The number of hydrogen-bond donors (Lipinski definition) is 2. The van der Waals surface area contributed by atoms with Crippen LogP contribution in [0.1, 0.15) is 26.7 Å². The Morgan fingerprint density at radius 3 is 3.00 bits per heavy atom. The molecule has 4 nitrogen and oxygen atoms in total. The van der Waals surface area contributed by atoms with Crippen LogP contribution in [-0.2, 0) is 4.74 Å². The number of β-amino-alcohol motifs (C(OH)–C–C–N with tert-alkyl or cyclic N) is 1. The van der Waals surface area contributed by atoms with Crippen LogP contribution in [0.15, 0.2) is 0 Å². The highest BCUT2D eigenvalue weighted by Crippen LogP contribution is 2.13. The molecule has 2 atom stereocenters. The number of aliphatic hydroxyl groups excluding tert-OH is 1. The van der Waals surface area contributed by atoms with E-state index < -0.39 is 0 Å². The van der Waals surface area contributed by atoms with Gasteiger partial charge in [0, 0.05) is 26.2 Å². The summed E-state index contributed by atoms with van der Waals surface area (Å²) in [5, 5.41) is 13.0. The summed E-state index contributed by atoms with van der Waals surface area (Å²) in [6, 6.07) is 0.